The monoisotopic (exact) mass is 785 g/mol. The van der Waals surface area contributed by atoms with Crippen molar-refractivity contribution in [1.82, 2.24) is 0 Å². The minimum atomic E-state index is -0.787. The summed E-state index contributed by atoms with van der Waals surface area (Å²) in [4.78, 5) is 37.6. The van der Waals surface area contributed by atoms with E-state index >= 15 is 0 Å². The molecule has 1 unspecified atom stereocenters. The lowest BCUT2D eigenvalue weighted by Crippen LogP contribution is -2.30. The number of ether oxygens (including phenoxy) is 3. The molecule has 0 saturated heterocycles. The highest BCUT2D eigenvalue weighted by Crippen LogP contribution is 2.14. The van der Waals surface area contributed by atoms with E-state index < -0.39 is 6.10 Å². The van der Waals surface area contributed by atoms with Crippen molar-refractivity contribution in [3.63, 3.8) is 0 Å². The first-order chi connectivity index (χ1) is 27.5. The highest BCUT2D eigenvalue weighted by molar-refractivity contribution is 5.71. The lowest BCUT2D eigenvalue weighted by molar-refractivity contribution is -0.167. The van der Waals surface area contributed by atoms with Gasteiger partial charge in [0, 0.05) is 19.3 Å². The van der Waals surface area contributed by atoms with Crippen molar-refractivity contribution in [2.75, 3.05) is 13.2 Å². The molecular formula is C50H88O6. The summed E-state index contributed by atoms with van der Waals surface area (Å²) >= 11 is 0. The van der Waals surface area contributed by atoms with Gasteiger partial charge in [0.1, 0.15) is 13.2 Å². The summed E-state index contributed by atoms with van der Waals surface area (Å²) in [6.07, 6.45) is 52.5. The average Bonchev–Trinajstić information content (AvgIpc) is 3.19. The fraction of sp³-hybridized carbons (Fsp3) is 0.780. The second-order valence-electron chi connectivity index (χ2n) is 15.7. The molecule has 324 valence electrons. The number of hydrogen-bond acceptors (Lipinski definition) is 6. The van der Waals surface area contributed by atoms with Crippen LogP contribution < -0.4 is 0 Å². The van der Waals surface area contributed by atoms with E-state index in [1.165, 1.54) is 116 Å². The first kappa shape index (κ1) is 53.4. The topological polar surface area (TPSA) is 78.9 Å². The molecule has 0 bridgehead atoms. The molecule has 56 heavy (non-hydrogen) atoms. The molecule has 0 aromatic rings. The van der Waals surface area contributed by atoms with Gasteiger partial charge >= 0.3 is 17.9 Å². The number of rotatable bonds is 42. The van der Waals surface area contributed by atoms with Crippen LogP contribution in [0.3, 0.4) is 0 Å². The van der Waals surface area contributed by atoms with Gasteiger partial charge in [0.2, 0.25) is 0 Å². The smallest absolute Gasteiger partial charge is 0.306 e. The van der Waals surface area contributed by atoms with Gasteiger partial charge in [-0.2, -0.15) is 0 Å². The van der Waals surface area contributed by atoms with E-state index in [1.807, 2.05) is 0 Å². The van der Waals surface area contributed by atoms with Gasteiger partial charge < -0.3 is 14.2 Å². The normalized spacial score (nSPS) is 12.4. The van der Waals surface area contributed by atoms with Crippen LogP contribution in [0.25, 0.3) is 0 Å². The van der Waals surface area contributed by atoms with Crippen molar-refractivity contribution >= 4 is 17.9 Å². The highest BCUT2D eigenvalue weighted by Gasteiger charge is 2.19. The SMILES string of the molecule is CCCC/C=C\CCCCCCC(=O)OC(COC(=O)CCC/C=C\CCCCCC)COC(=O)CCCCCCCCCCCC/C=C\C=C/CCCCC. The fourth-order valence-corrected chi connectivity index (χ4v) is 6.42. The minimum absolute atomic E-state index is 0.0878. The van der Waals surface area contributed by atoms with Gasteiger partial charge in [0.05, 0.1) is 0 Å². The first-order valence-corrected chi connectivity index (χ1v) is 23.7. The molecule has 0 rings (SSSR count). The van der Waals surface area contributed by atoms with E-state index in [0.29, 0.717) is 25.7 Å². The maximum absolute atomic E-state index is 12.7. The third kappa shape index (κ3) is 42.5. The van der Waals surface area contributed by atoms with E-state index in [1.54, 1.807) is 0 Å². The molecule has 0 aliphatic rings. The average molecular weight is 785 g/mol. The zero-order chi connectivity index (χ0) is 40.8. The van der Waals surface area contributed by atoms with Crippen LogP contribution in [0.4, 0.5) is 0 Å². The summed E-state index contributed by atoms with van der Waals surface area (Å²) in [5, 5.41) is 0. The largest absolute Gasteiger partial charge is 0.462 e. The molecule has 0 N–H and O–H groups in total. The van der Waals surface area contributed by atoms with Gasteiger partial charge in [-0.05, 0) is 83.5 Å². The molecule has 0 aliphatic carbocycles. The molecule has 0 aromatic heterocycles. The summed E-state index contributed by atoms with van der Waals surface area (Å²) < 4.78 is 16.6. The van der Waals surface area contributed by atoms with Crippen LogP contribution in [0.15, 0.2) is 48.6 Å². The van der Waals surface area contributed by atoms with Crippen molar-refractivity contribution in [2.45, 2.75) is 239 Å². The Balaban J connectivity index is 4.29. The van der Waals surface area contributed by atoms with Gasteiger partial charge in [-0.15, -0.1) is 0 Å². The fourth-order valence-electron chi connectivity index (χ4n) is 6.42. The molecule has 0 fully saturated rings. The third-order valence-corrected chi connectivity index (χ3v) is 10.1. The summed E-state index contributed by atoms with van der Waals surface area (Å²) in [6.45, 7) is 6.49. The standard InChI is InChI=1S/C50H88O6/c1-4-7-10-13-16-19-21-22-23-24-25-26-27-28-29-32-34-37-40-43-49(52)55-46-47(45-54-48(51)42-39-36-33-30-18-15-12-9-6-3)56-50(53)44-41-38-35-31-20-17-14-11-8-5-2/h14,16-17,19,21-22,30,33,47H,4-13,15,18,20,23-29,31-32,34-46H2,1-3H3/b17-14-,19-16-,22-21-,33-30-. The summed E-state index contributed by atoms with van der Waals surface area (Å²) in [6, 6.07) is 0. The Morgan fingerprint density at radius 1 is 0.357 bits per heavy atom. The van der Waals surface area contributed by atoms with E-state index in [0.717, 1.165) is 70.6 Å². The summed E-state index contributed by atoms with van der Waals surface area (Å²) in [5.74, 6) is -0.943. The Hall–Kier alpha value is -2.63. The predicted molar refractivity (Wildman–Crippen MR) is 238 cm³/mol. The van der Waals surface area contributed by atoms with Crippen LogP contribution in [-0.4, -0.2) is 37.2 Å². The second-order valence-corrected chi connectivity index (χ2v) is 15.7. The quantitative estimate of drug-likeness (QED) is 0.0202. The third-order valence-electron chi connectivity index (χ3n) is 10.1. The van der Waals surface area contributed by atoms with Gasteiger partial charge in [-0.1, -0.05) is 179 Å². The minimum Gasteiger partial charge on any atom is -0.462 e. The van der Waals surface area contributed by atoms with Gasteiger partial charge in [0.15, 0.2) is 6.10 Å². The molecule has 0 spiro atoms. The molecule has 0 amide bonds. The molecule has 6 nitrogen and oxygen atoms in total. The van der Waals surface area contributed by atoms with Crippen LogP contribution in [0.5, 0.6) is 0 Å². The first-order valence-electron chi connectivity index (χ1n) is 23.7. The number of hydrogen-bond donors (Lipinski definition) is 0. The van der Waals surface area contributed by atoms with Crippen molar-refractivity contribution < 1.29 is 28.6 Å². The highest BCUT2D eigenvalue weighted by atomic mass is 16.6. The van der Waals surface area contributed by atoms with Crippen molar-refractivity contribution in [2.24, 2.45) is 0 Å². The van der Waals surface area contributed by atoms with Crippen molar-refractivity contribution in [3.05, 3.63) is 48.6 Å². The van der Waals surface area contributed by atoms with Crippen LogP contribution >= 0.6 is 0 Å². The molecular weight excluding hydrogens is 697 g/mol. The van der Waals surface area contributed by atoms with Gasteiger partial charge in [-0.25, -0.2) is 0 Å². The second kappa shape index (κ2) is 45.1. The van der Waals surface area contributed by atoms with Crippen molar-refractivity contribution in [1.29, 1.82) is 0 Å². The molecule has 0 heterocycles. The molecule has 0 aromatic carbocycles. The maximum atomic E-state index is 12.7. The molecule has 0 saturated carbocycles. The van der Waals surface area contributed by atoms with E-state index in [9.17, 15) is 14.4 Å². The Labute approximate surface area is 346 Å². The van der Waals surface area contributed by atoms with E-state index in [4.69, 9.17) is 14.2 Å². The maximum Gasteiger partial charge on any atom is 0.306 e. The Morgan fingerprint density at radius 3 is 1.16 bits per heavy atom. The van der Waals surface area contributed by atoms with Crippen LogP contribution in [0.1, 0.15) is 233 Å². The molecule has 0 radical (unpaired) electrons. The number of esters is 3. The Bertz CT molecular complexity index is 996. The molecule has 6 heteroatoms. The van der Waals surface area contributed by atoms with Gasteiger partial charge in [0.25, 0.3) is 0 Å². The zero-order valence-corrected chi connectivity index (χ0v) is 36.9. The Kier molecular flexibility index (Phi) is 43.0. The summed E-state index contributed by atoms with van der Waals surface area (Å²) in [5.41, 5.74) is 0. The predicted octanol–water partition coefficient (Wildman–Crippen LogP) is 15.1. The number of unbranched alkanes of at least 4 members (excludes halogenated alkanes) is 24. The lowest BCUT2D eigenvalue weighted by atomic mass is 10.1. The van der Waals surface area contributed by atoms with Crippen LogP contribution in [0.2, 0.25) is 0 Å². The molecule has 1 atom stereocenters. The van der Waals surface area contributed by atoms with E-state index in [-0.39, 0.29) is 31.1 Å². The Morgan fingerprint density at radius 2 is 0.679 bits per heavy atom. The summed E-state index contributed by atoms with van der Waals surface area (Å²) in [7, 11) is 0. The zero-order valence-electron chi connectivity index (χ0n) is 36.9. The van der Waals surface area contributed by atoms with Crippen LogP contribution in [-0.2, 0) is 28.6 Å². The number of carbonyl (C=O) groups is 3. The van der Waals surface area contributed by atoms with Crippen LogP contribution in [0, 0.1) is 0 Å². The molecule has 0 aliphatic heterocycles. The lowest BCUT2D eigenvalue weighted by Gasteiger charge is -2.18. The van der Waals surface area contributed by atoms with Gasteiger partial charge in [-0.3, -0.25) is 14.4 Å². The van der Waals surface area contributed by atoms with E-state index in [2.05, 4.69) is 69.4 Å². The number of carbonyl (C=O) groups excluding carboxylic acids is 3. The van der Waals surface area contributed by atoms with Crippen molar-refractivity contribution in [3.8, 4) is 0 Å². The number of allylic oxidation sites excluding steroid dienone is 8.